The molecule has 4 heteroatoms. The monoisotopic (exact) mass is 313 g/mol. The molecule has 0 radical (unpaired) electrons. The van der Waals surface area contributed by atoms with E-state index in [1.165, 1.54) is 6.42 Å². The van der Waals surface area contributed by atoms with Crippen molar-refractivity contribution in [3.05, 3.63) is 23.7 Å². The lowest BCUT2D eigenvalue weighted by atomic mass is 9.91. The highest BCUT2D eigenvalue weighted by atomic mass is 79.9. The molecule has 1 saturated carbocycles. The molecule has 1 aliphatic rings. The minimum Gasteiger partial charge on any atom is -0.456 e. The fourth-order valence-corrected chi connectivity index (χ4v) is 2.45. The van der Waals surface area contributed by atoms with E-state index < -0.39 is 0 Å². The Morgan fingerprint density at radius 3 is 2.78 bits per heavy atom. The van der Waals surface area contributed by atoms with Crippen molar-refractivity contribution in [2.75, 3.05) is 11.9 Å². The van der Waals surface area contributed by atoms with Crippen molar-refractivity contribution in [3.8, 4) is 0 Å². The van der Waals surface area contributed by atoms with Crippen molar-refractivity contribution in [2.45, 2.75) is 45.1 Å². The average molecular weight is 314 g/mol. The first-order chi connectivity index (χ1) is 8.76. The van der Waals surface area contributed by atoms with Crippen LogP contribution in [0.4, 0.5) is 0 Å². The third-order valence-corrected chi connectivity index (χ3v) is 4.09. The molecule has 1 aliphatic carbocycles. The second kappa shape index (κ2) is 6.41. The van der Waals surface area contributed by atoms with Gasteiger partial charge >= 0.3 is 0 Å². The van der Waals surface area contributed by atoms with Crippen LogP contribution in [0.3, 0.4) is 0 Å². The van der Waals surface area contributed by atoms with Gasteiger partial charge in [-0.15, -0.1) is 0 Å². The molecular weight excluding hydrogens is 294 g/mol. The number of furan rings is 1. The van der Waals surface area contributed by atoms with E-state index in [4.69, 9.17) is 4.42 Å². The maximum atomic E-state index is 12.4. The predicted molar refractivity (Wildman–Crippen MR) is 75.2 cm³/mol. The number of amides is 1. The largest absolute Gasteiger partial charge is 0.456 e. The lowest BCUT2D eigenvalue weighted by Crippen LogP contribution is -2.44. The van der Waals surface area contributed by atoms with Gasteiger partial charge in [-0.3, -0.25) is 4.79 Å². The summed E-state index contributed by atoms with van der Waals surface area (Å²) in [6.07, 6.45) is 5.33. The number of carbonyl (C=O) groups is 1. The van der Waals surface area contributed by atoms with Gasteiger partial charge in [0.25, 0.3) is 5.91 Å². The molecule has 0 saturated heterocycles. The lowest BCUT2D eigenvalue weighted by Gasteiger charge is -2.37. The Labute approximate surface area is 117 Å². The van der Waals surface area contributed by atoms with Gasteiger partial charge in [0, 0.05) is 24.3 Å². The smallest absolute Gasteiger partial charge is 0.289 e. The van der Waals surface area contributed by atoms with Gasteiger partial charge in [-0.25, -0.2) is 0 Å². The van der Waals surface area contributed by atoms with Gasteiger partial charge in [-0.05, 0) is 37.8 Å². The molecule has 1 fully saturated rings. The molecule has 0 N–H and O–H groups in total. The molecule has 1 heterocycles. The summed E-state index contributed by atoms with van der Waals surface area (Å²) < 4.78 is 5.57. The van der Waals surface area contributed by atoms with Crippen molar-refractivity contribution in [1.29, 1.82) is 0 Å². The van der Waals surface area contributed by atoms with E-state index in [0.717, 1.165) is 43.3 Å². The maximum Gasteiger partial charge on any atom is 0.289 e. The highest BCUT2D eigenvalue weighted by molar-refractivity contribution is 9.09. The molecule has 0 aliphatic heterocycles. The summed E-state index contributed by atoms with van der Waals surface area (Å²) in [6.45, 7) is 2.85. The topological polar surface area (TPSA) is 33.5 Å². The van der Waals surface area contributed by atoms with E-state index in [1.807, 2.05) is 17.9 Å². The molecule has 1 amide bonds. The summed E-state index contributed by atoms with van der Waals surface area (Å²) in [5, 5.41) is 0.932. The van der Waals surface area contributed by atoms with E-state index in [2.05, 4.69) is 15.9 Å². The van der Waals surface area contributed by atoms with Crippen molar-refractivity contribution in [2.24, 2.45) is 0 Å². The Kier molecular flexibility index (Phi) is 4.87. The molecule has 1 aromatic rings. The number of carbonyl (C=O) groups excluding carboxylic acids is 1. The fraction of sp³-hybridized carbons (Fsp3) is 0.643. The third kappa shape index (κ3) is 2.97. The van der Waals surface area contributed by atoms with E-state index in [9.17, 15) is 4.79 Å². The number of rotatable bonds is 6. The summed E-state index contributed by atoms with van der Waals surface area (Å²) >= 11 is 3.43. The van der Waals surface area contributed by atoms with E-state index in [0.29, 0.717) is 11.8 Å². The van der Waals surface area contributed by atoms with Crippen LogP contribution >= 0.6 is 15.9 Å². The maximum absolute atomic E-state index is 12.4. The lowest BCUT2D eigenvalue weighted by molar-refractivity contribution is 0.0547. The summed E-state index contributed by atoms with van der Waals surface area (Å²) in [6, 6.07) is 4.13. The summed E-state index contributed by atoms with van der Waals surface area (Å²) in [4.78, 5) is 14.4. The minimum atomic E-state index is 0.0559. The first-order valence-electron chi connectivity index (χ1n) is 6.72. The van der Waals surface area contributed by atoms with Crippen LogP contribution in [0.25, 0.3) is 0 Å². The van der Waals surface area contributed by atoms with Crippen LogP contribution in [0.5, 0.6) is 0 Å². The van der Waals surface area contributed by atoms with Crippen LogP contribution in [0.2, 0.25) is 0 Å². The Balaban J connectivity index is 2.06. The van der Waals surface area contributed by atoms with Crippen molar-refractivity contribution >= 4 is 21.8 Å². The molecular formula is C14H20BrNO2. The van der Waals surface area contributed by atoms with Crippen molar-refractivity contribution in [3.63, 3.8) is 0 Å². The zero-order chi connectivity index (χ0) is 13.0. The first kappa shape index (κ1) is 13.7. The van der Waals surface area contributed by atoms with Crippen LogP contribution < -0.4 is 0 Å². The molecule has 0 aromatic carbocycles. The van der Waals surface area contributed by atoms with E-state index >= 15 is 0 Å². The van der Waals surface area contributed by atoms with E-state index in [-0.39, 0.29) is 5.91 Å². The standard InChI is InChI=1S/C14H20BrNO2/c1-2-12-7-8-13(18-12)14(17)16(10-4-9-15)11-5-3-6-11/h7-8,11H,2-6,9-10H2,1H3. The fourth-order valence-electron chi connectivity index (χ4n) is 2.20. The van der Waals surface area contributed by atoms with Gasteiger partial charge in [0.2, 0.25) is 0 Å². The second-order valence-electron chi connectivity index (χ2n) is 4.75. The highest BCUT2D eigenvalue weighted by Gasteiger charge is 2.30. The number of aryl methyl sites for hydroxylation is 1. The quantitative estimate of drug-likeness (QED) is 0.751. The summed E-state index contributed by atoms with van der Waals surface area (Å²) in [5.41, 5.74) is 0. The normalized spacial score (nSPS) is 15.4. The molecule has 1 aromatic heterocycles. The Bertz CT molecular complexity index is 398. The zero-order valence-electron chi connectivity index (χ0n) is 10.8. The molecule has 0 atom stereocenters. The number of nitrogens with zero attached hydrogens (tertiary/aromatic N) is 1. The van der Waals surface area contributed by atoms with Crippen LogP contribution in [0.15, 0.2) is 16.5 Å². The number of halogens is 1. The predicted octanol–water partition coefficient (Wildman–Crippen LogP) is 3.62. The van der Waals surface area contributed by atoms with Crippen LogP contribution in [-0.4, -0.2) is 28.7 Å². The van der Waals surface area contributed by atoms with Crippen LogP contribution in [0.1, 0.15) is 48.9 Å². The van der Waals surface area contributed by atoms with Crippen LogP contribution in [-0.2, 0) is 6.42 Å². The Morgan fingerprint density at radius 1 is 1.50 bits per heavy atom. The minimum absolute atomic E-state index is 0.0559. The molecule has 0 spiro atoms. The Hall–Kier alpha value is -0.770. The molecule has 0 unspecified atom stereocenters. The SMILES string of the molecule is CCc1ccc(C(=O)N(CCCBr)C2CCC2)o1. The second-order valence-corrected chi connectivity index (χ2v) is 5.54. The summed E-state index contributed by atoms with van der Waals surface area (Å²) in [7, 11) is 0. The van der Waals surface area contributed by atoms with Gasteiger partial charge in [0.1, 0.15) is 5.76 Å². The summed E-state index contributed by atoms with van der Waals surface area (Å²) in [5.74, 6) is 1.43. The molecule has 0 bridgehead atoms. The third-order valence-electron chi connectivity index (χ3n) is 3.53. The van der Waals surface area contributed by atoms with Gasteiger partial charge in [0.05, 0.1) is 0 Å². The molecule has 100 valence electrons. The van der Waals surface area contributed by atoms with E-state index in [1.54, 1.807) is 6.07 Å². The number of hydrogen-bond donors (Lipinski definition) is 0. The molecule has 18 heavy (non-hydrogen) atoms. The first-order valence-corrected chi connectivity index (χ1v) is 7.84. The number of hydrogen-bond acceptors (Lipinski definition) is 2. The van der Waals surface area contributed by atoms with Crippen molar-refractivity contribution in [1.82, 2.24) is 4.90 Å². The number of alkyl halides is 1. The van der Waals surface area contributed by atoms with Gasteiger partial charge in [-0.1, -0.05) is 22.9 Å². The zero-order valence-corrected chi connectivity index (χ0v) is 12.4. The molecule has 3 nitrogen and oxygen atoms in total. The van der Waals surface area contributed by atoms with Gasteiger partial charge in [-0.2, -0.15) is 0 Å². The van der Waals surface area contributed by atoms with Gasteiger partial charge in [0.15, 0.2) is 5.76 Å². The molecule has 2 rings (SSSR count). The van der Waals surface area contributed by atoms with Crippen molar-refractivity contribution < 1.29 is 9.21 Å². The highest BCUT2D eigenvalue weighted by Crippen LogP contribution is 2.27. The average Bonchev–Trinajstić information content (AvgIpc) is 2.79. The van der Waals surface area contributed by atoms with Gasteiger partial charge < -0.3 is 9.32 Å². The Morgan fingerprint density at radius 2 is 2.28 bits per heavy atom. The van der Waals surface area contributed by atoms with Crippen LogP contribution in [0, 0.1) is 0 Å².